The average molecular weight is 242 g/mol. The zero-order valence-electron chi connectivity index (χ0n) is 11.8. The summed E-state index contributed by atoms with van der Waals surface area (Å²) in [5, 5.41) is 12.7. The summed E-state index contributed by atoms with van der Waals surface area (Å²) in [7, 11) is 0. The van der Waals surface area contributed by atoms with Gasteiger partial charge in [0.1, 0.15) is 0 Å². The van der Waals surface area contributed by atoms with E-state index in [1.54, 1.807) is 0 Å². The standard InChI is InChI=1S/C14H30N2O/c1-4-14(3,11-15-5-2)12-16-8-6-7-13(9-16)10-17/h13,15,17H,4-12H2,1-3H3. The molecule has 0 amide bonds. The maximum absolute atomic E-state index is 9.27. The number of rotatable bonds is 7. The maximum atomic E-state index is 9.27. The minimum atomic E-state index is 0.354. The van der Waals surface area contributed by atoms with Gasteiger partial charge < -0.3 is 15.3 Å². The van der Waals surface area contributed by atoms with Gasteiger partial charge in [0.15, 0.2) is 0 Å². The summed E-state index contributed by atoms with van der Waals surface area (Å²) in [5.41, 5.74) is 0.368. The highest BCUT2D eigenvalue weighted by atomic mass is 16.3. The van der Waals surface area contributed by atoms with Crippen molar-refractivity contribution < 1.29 is 5.11 Å². The van der Waals surface area contributed by atoms with Gasteiger partial charge in [0, 0.05) is 26.2 Å². The minimum Gasteiger partial charge on any atom is -0.396 e. The van der Waals surface area contributed by atoms with Gasteiger partial charge in [0.2, 0.25) is 0 Å². The molecule has 0 aromatic heterocycles. The molecule has 0 radical (unpaired) electrons. The highest BCUT2D eigenvalue weighted by Gasteiger charge is 2.27. The van der Waals surface area contributed by atoms with Crippen molar-refractivity contribution in [3.63, 3.8) is 0 Å². The lowest BCUT2D eigenvalue weighted by atomic mass is 9.85. The van der Waals surface area contributed by atoms with Gasteiger partial charge in [0.05, 0.1) is 0 Å². The molecule has 0 aliphatic carbocycles. The van der Waals surface area contributed by atoms with Crippen molar-refractivity contribution in [2.45, 2.75) is 40.0 Å². The first-order valence-electron chi connectivity index (χ1n) is 7.17. The monoisotopic (exact) mass is 242 g/mol. The maximum Gasteiger partial charge on any atom is 0.0471 e. The molecule has 1 rings (SSSR count). The Balaban J connectivity index is 2.43. The summed E-state index contributed by atoms with van der Waals surface area (Å²) in [6.07, 6.45) is 3.65. The fourth-order valence-corrected chi connectivity index (χ4v) is 2.70. The lowest BCUT2D eigenvalue weighted by Crippen LogP contribution is -2.46. The van der Waals surface area contributed by atoms with Crippen molar-refractivity contribution in [1.29, 1.82) is 0 Å². The molecule has 3 heteroatoms. The molecule has 3 nitrogen and oxygen atoms in total. The number of hydrogen-bond acceptors (Lipinski definition) is 3. The Morgan fingerprint density at radius 3 is 2.76 bits per heavy atom. The zero-order valence-corrected chi connectivity index (χ0v) is 11.8. The van der Waals surface area contributed by atoms with Crippen molar-refractivity contribution in [1.82, 2.24) is 10.2 Å². The first-order valence-corrected chi connectivity index (χ1v) is 7.17. The minimum absolute atomic E-state index is 0.354. The van der Waals surface area contributed by atoms with E-state index in [0.29, 0.717) is 17.9 Å². The number of likely N-dealkylation sites (tertiary alicyclic amines) is 1. The third-order valence-corrected chi connectivity index (χ3v) is 4.12. The van der Waals surface area contributed by atoms with Gasteiger partial charge in [-0.25, -0.2) is 0 Å². The predicted octanol–water partition coefficient (Wildman–Crippen LogP) is 1.72. The molecular formula is C14H30N2O. The van der Waals surface area contributed by atoms with Crippen LogP contribution in [0.3, 0.4) is 0 Å². The number of aliphatic hydroxyl groups excluding tert-OH is 1. The Morgan fingerprint density at radius 2 is 2.18 bits per heavy atom. The van der Waals surface area contributed by atoms with Gasteiger partial charge in [-0.15, -0.1) is 0 Å². The van der Waals surface area contributed by atoms with Gasteiger partial charge in [-0.2, -0.15) is 0 Å². The van der Waals surface area contributed by atoms with Crippen LogP contribution in [0.5, 0.6) is 0 Å². The third kappa shape index (κ3) is 4.94. The summed E-state index contributed by atoms with van der Waals surface area (Å²) < 4.78 is 0. The molecule has 102 valence electrons. The van der Waals surface area contributed by atoms with Crippen LogP contribution in [0.25, 0.3) is 0 Å². The van der Waals surface area contributed by atoms with Gasteiger partial charge in [-0.3, -0.25) is 0 Å². The summed E-state index contributed by atoms with van der Waals surface area (Å²) in [4.78, 5) is 2.55. The Hall–Kier alpha value is -0.120. The number of nitrogens with one attached hydrogen (secondary N) is 1. The molecule has 1 aliphatic heterocycles. The van der Waals surface area contributed by atoms with Gasteiger partial charge in [-0.05, 0) is 43.7 Å². The fourth-order valence-electron chi connectivity index (χ4n) is 2.70. The number of aliphatic hydroxyl groups is 1. The average Bonchev–Trinajstić information content (AvgIpc) is 2.36. The van der Waals surface area contributed by atoms with Crippen molar-refractivity contribution in [2.24, 2.45) is 11.3 Å². The van der Waals surface area contributed by atoms with Crippen LogP contribution < -0.4 is 5.32 Å². The Morgan fingerprint density at radius 1 is 1.41 bits per heavy atom. The molecule has 2 unspecified atom stereocenters. The SMILES string of the molecule is CCNCC(C)(CC)CN1CCCC(CO)C1. The van der Waals surface area contributed by atoms with Crippen LogP contribution in [-0.4, -0.2) is 49.3 Å². The van der Waals surface area contributed by atoms with E-state index in [4.69, 9.17) is 0 Å². The number of hydrogen-bond donors (Lipinski definition) is 2. The highest BCUT2D eigenvalue weighted by molar-refractivity contribution is 4.82. The first-order chi connectivity index (χ1) is 8.13. The highest BCUT2D eigenvalue weighted by Crippen LogP contribution is 2.25. The first kappa shape index (κ1) is 14.9. The van der Waals surface area contributed by atoms with Gasteiger partial charge >= 0.3 is 0 Å². The molecule has 1 saturated heterocycles. The van der Waals surface area contributed by atoms with Crippen molar-refractivity contribution in [3.05, 3.63) is 0 Å². The van der Waals surface area contributed by atoms with Crippen LogP contribution in [0.2, 0.25) is 0 Å². The van der Waals surface area contributed by atoms with E-state index in [-0.39, 0.29) is 0 Å². The van der Waals surface area contributed by atoms with E-state index >= 15 is 0 Å². The molecule has 0 spiro atoms. The molecule has 0 aromatic rings. The van der Waals surface area contributed by atoms with Crippen LogP contribution in [-0.2, 0) is 0 Å². The largest absolute Gasteiger partial charge is 0.396 e. The molecular weight excluding hydrogens is 212 g/mol. The van der Waals surface area contributed by atoms with Crippen LogP contribution in [0.4, 0.5) is 0 Å². The topological polar surface area (TPSA) is 35.5 Å². The Kier molecular flexibility index (Phi) is 6.45. The van der Waals surface area contributed by atoms with Crippen molar-refractivity contribution in [3.8, 4) is 0 Å². The summed E-state index contributed by atoms with van der Waals surface area (Å²) >= 11 is 0. The smallest absolute Gasteiger partial charge is 0.0471 e. The molecule has 17 heavy (non-hydrogen) atoms. The van der Waals surface area contributed by atoms with Crippen LogP contribution in [0, 0.1) is 11.3 Å². The second kappa shape index (κ2) is 7.34. The third-order valence-electron chi connectivity index (χ3n) is 4.12. The summed E-state index contributed by atoms with van der Waals surface area (Å²) in [6.45, 7) is 12.8. The lowest BCUT2D eigenvalue weighted by molar-refractivity contribution is 0.0817. The van der Waals surface area contributed by atoms with Crippen LogP contribution in [0.1, 0.15) is 40.0 Å². The molecule has 2 N–H and O–H groups in total. The molecule has 0 bridgehead atoms. The second-order valence-corrected chi connectivity index (χ2v) is 5.87. The predicted molar refractivity (Wildman–Crippen MR) is 73.2 cm³/mol. The molecule has 1 heterocycles. The lowest BCUT2D eigenvalue weighted by Gasteiger charge is -2.39. The Labute approximate surface area is 107 Å². The number of nitrogens with zero attached hydrogens (tertiary/aromatic N) is 1. The van der Waals surface area contributed by atoms with Gasteiger partial charge in [0.25, 0.3) is 0 Å². The second-order valence-electron chi connectivity index (χ2n) is 5.87. The van der Waals surface area contributed by atoms with E-state index in [9.17, 15) is 5.11 Å². The van der Waals surface area contributed by atoms with Crippen molar-refractivity contribution in [2.75, 3.05) is 39.3 Å². The van der Waals surface area contributed by atoms with Crippen LogP contribution >= 0.6 is 0 Å². The normalized spacial score (nSPS) is 25.8. The molecule has 0 aromatic carbocycles. The van der Waals surface area contributed by atoms with E-state index < -0.39 is 0 Å². The van der Waals surface area contributed by atoms with Crippen LogP contribution in [0.15, 0.2) is 0 Å². The van der Waals surface area contributed by atoms with E-state index in [1.807, 2.05) is 0 Å². The van der Waals surface area contributed by atoms with Crippen molar-refractivity contribution >= 4 is 0 Å². The fraction of sp³-hybridized carbons (Fsp3) is 1.00. The van der Waals surface area contributed by atoms with E-state index in [0.717, 1.165) is 26.2 Å². The Bertz CT molecular complexity index is 210. The quantitative estimate of drug-likeness (QED) is 0.713. The van der Waals surface area contributed by atoms with E-state index in [2.05, 4.69) is 31.0 Å². The van der Waals surface area contributed by atoms with Gasteiger partial charge in [-0.1, -0.05) is 20.8 Å². The number of piperidine rings is 1. The molecule has 1 aliphatic rings. The summed E-state index contributed by atoms with van der Waals surface area (Å²) in [5.74, 6) is 0.504. The van der Waals surface area contributed by atoms with E-state index in [1.165, 1.54) is 25.8 Å². The zero-order chi connectivity index (χ0) is 12.7. The molecule has 0 saturated carbocycles. The molecule has 1 fully saturated rings. The molecule has 2 atom stereocenters. The summed E-state index contributed by atoms with van der Waals surface area (Å²) in [6, 6.07) is 0.